The number of rotatable bonds is 9. The van der Waals surface area contributed by atoms with Gasteiger partial charge in [-0.25, -0.2) is 0 Å². The molecule has 1 heterocycles. The van der Waals surface area contributed by atoms with Crippen LogP contribution in [0.1, 0.15) is 47.4 Å². The molecule has 8 nitrogen and oxygen atoms in total. The second kappa shape index (κ2) is 10.6. The summed E-state index contributed by atoms with van der Waals surface area (Å²) in [5.41, 5.74) is 1.22. The van der Waals surface area contributed by atoms with Crippen molar-refractivity contribution < 1.29 is 14.3 Å². The minimum absolute atomic E-state index is 0. The molecule has 1 saturated carbocycles. The van der Waals surface area contributed by atoms with Crippen LogP contribution in [0.5, 0.6) is 0 Å². The van der Waals surface area contributed by atoms with Crippen LogP contribution in [0, 0.1) is 13.8 Å². The Balaban J connectivity index is 0.00000364. The van der Waals surface area contributed by atoms with Crippen LogP contribution in [0.3, 0.4) is 0 Å². The van der Waals surface area contributed by atoms with E-state index in [0.717, 1.165) is 25.1 Å². The Labute approximate surface area is 167 Å². The van der Waals surface area contributed by atoms with Crippen LogP contribution in [-0.4, -0.2) is 60.5 Å². The molecule has 1 aliphatic carbocycles. The molecule has 0 aromatic carbocycles. The van der Waals surface area contributed by atoms with Gasteiger partial charge in [-0.05, 0) is 26.7 Å². The summed E-state index contributed by atoms with van der Waals surface area (Å²) in [5, 5.41) is 13.5. The van der Waals surface area contributed by atoms with Gasteiger partial charge < -0.3 is 20.7 Å². The molecule has 1 aromatic heterocycles. The highest BCUT2D eigenvalue weighted by Gasteiger charge is 2.42. The summed E-state index contributed by atoms with van der Waals surface area (Å²) < 4.78 is 6.66. The second-order valence-corrected chi connectivity index (χ2v) is 6.91. The zero-order valence-corrected chi connectivity index (χ0v) is 17.5. The number of aromatic nitrogens is 2. The van der Waals surface area contributed by atoms with E-state index in [2.05, 4.69) is 21.0 Å². The maximum atomic E-state index is 12.8. The molecule has 1 aliphatic rings. The lowest BCUT2D eigenvalue weighted by Gasteiger charge is -2.29. The molecular formula is C18H32ClN5O3. The number of amides is 2. The Morgan fingerprint density at radius 3 is 2.41 bits per heavy atom. The van der Waals surface area contributed by atoms with Crippen LogP contribution in [0.4, 0.5) is 0 Å². The zero-order valence-electron chi connectivity index (χ0n) is 16.7. The third-order valence-electron chi connectivity index (χ3n) is 5.05. The van der Waals surface area contributed by atoms with Gasteiger partial charge in [0, 0.05) is 39.5 Å². The molecule has 3 N–H and O–H groups in total. The molecule has 0 aliphatic heterocycles. The predicted molar refractivity (Wildman–Crippen MR) is 106 cm³/mol. The molecule has 9 heteroatoms. The zero-order chi connectivity index (χ0) is 19.2. The summed E-state index contributed by atoms with van der Waals surface area (Å²) in [4.78, 5) is 25.6. The van der Waals surface area contributed by atoms with Crippen molar-refractivity contribution in [3.8, 4) is 0 Å². The third-order valence-corrected chi connectivity index (χ3v) is 5.05. The average Bonchev–Trinajstić information content (AvgIpc) is 3.16. The highest BCUT2D eigenvalue weighted by molar-refractivity contribution is 6.00. The molecule has 0 unspecified atom stereocenters. The van der Waals surface area contributed by atoms with Gasteiger partial charge in [-0.1, -0.05) is 12.8 Å². The van der Waals surface area contributed by atoms with Crippen molar-refractivity contribution in [1.82, 2.24) is 25.7 Å². The summed E-state index contributed by atoms with van der Waals surface area (Å²) in [6, 6.07) is 0. The van der Waals surface area contributed by atoms with E-state index >= 15 is 0 Å². The summed E-state index contributed by atoms with van der Waals surface area (Å²) in [7, 11) is 3.47. The normalized spacial score (nSPS) is 15.3. The summed E-state index contributed by atoms with van der Waals surface area (Å²) in [5.74, 6) is -0.320. The number of nitrogens with zero attached hydrogens (tertiary/aromatic N) is 2. The first-order valence-corrected chi connectivity index (χ1v) is 9.22. The van der Waals surface area contributed by atoms with Crippen molar-refractivity contribution in [2.75, 3.05) is 33.4 Å². The lowest BCUT2D eigenvalue weighted by molar-refractivity contribution is -0.127. The second-order valence-electron chi connectivity index (χ2n) is 6.91. The maximum Gasteiger partial charge on any atom is 0.255 e. The first kappa shape index (κ1) is 23.4. The Hall–Kier alpha value is -1.64. The molecule has 1 aromatic rings. The van der Waals surface area contributed by atoms with Gasteiger partial charge in [-0.2, -0.15) is 5.10 Å². The van der Waals surface area contributed by atoms with E-state index in [9.17, 15) is 9.59 Å². The first-order chi connectivity index (χ1) is 12.4. The number of carbonyl (C=O) groups excluding carboxylic acids is 2. The minimum atomic E-state index is -0.821. The highest BCUT2D eigenvalue weighted by Crippen LogP contribution is 2.30. The smallest absolute Gasteiger partial charge is 0.255 e. The lowest BCUT2D eigenvalue weighted by atomic mass is 9.95. The van der Waals surface area contributed by atoms with Crippen LogP contribution < -0.4 is 16.0 Å². The summed E-state index contributed by atoms with van der Waals surface area (Å²) in [6.45, 7) is 6.24. The fraction of sp³-hybridized carbons (Fsp3) is 0.722. The molecule has 0 saturated heterocycles. The van der Waals surface area contributed by atoms with Gasteiger partial charge in [-0.15, -0.1) is 12.4 Å². The number of carbonyl (C=O) groups is 2. The van der Waals surface area contributed by atoms with E-state index in [0.29, 0.717) is 43.8 Å². The number of ether oxygens (including phenoxy) is 1. The van der Waals surface area contributed by atoms with Crippen molar-refractivity contribution in [3.63, 3.8) is 0 Å². The molecule has 2 amide bonds. The van der Waals surface area contributed by atoms with Crippen LogP contribution in [0.15, 0.2) is 0 Å². The number of methoxy groups -OCH3 is 1. The largest absolute Gasteiger partial charge is 0.383 e. The Bertz CT molecular complexity index is 641. The predicted octanol–water partition coefficient (Wildman–Crippen LogP) is 0.854. The number of hydrogen-bond donors (Lipinski definition) is 3. The fourth-order valence-electron chi connectivity index (χ4n) is 3.50. The number of halogens is 1. The molecule has 154 valence electrons. The van der Waals surface area contributed by atoms with E-state index < -0.39 is 5.54 Å². The third kappa shape index (κ3) is 5.67. The average molecular weight is 402 g/mol. The van der Waals surface area contributed by atoms with Gasteiger partial charge >= 0.3 is 0 Å². The summed E-state index contributed by atoms with van der Waals surface area (Å²) >= 11 is 0. The van der Waals surface area contributed by atoms with E-state index in [1.165, 1.54) is 0 Å². The van der Waals surface area contributed by atoms with E-state index in [-0.39, 0.29) is 24.2 Å². The van der Waals surface area contributed by atoms with Crippen LogP contribution >= 0.6 is 12.4 Å². The van der Waals surface area contributed by atoms with Crippen molar-refractivity contribution in [2.24, 2.45) is 7.05 Å². The van der Waals surface area contributed by atoms with Crippen LogP contribution in [-0.2, 0) is 16.6 Å². The molecule has 0 spiro atoms. The standard InChI is InChI=1S/C18H31N5O3.ClH/c1-13-15(14(2)23(3)22-13)16(24)21-18(7-5-6-8-18)17(25)20-10-9-19-11-12-26-4;/h19H,5-12H2,1-4H3,(H,20,25)(H,21,24);1H. The quantitative estimate of drug-likeness (QED) is 0.533. The van der Waals surface area contributed by atoms with Crippen LogP contribution in [0.25, 0.3) is 0 Å². The molecule has 0 atom stereocenters. The maximum absolute atomic E-state index is 12.8. The van der Waals surface area contributed by atoms with Crippen LogP contribution in [0.2, 0.25) is 0 Å². The minimum Gasteiger partial charge on any atom is -0.383 e. The monoisotopic (exact) mass is 401 g/mol. The Morgan fingerprint density at radius 1 is 1.19 bits per heavy atom. The van der Waals surface area contributed by atoms with Crippen molar-refractivity contribution in [2.45, 2.75) is 45.1 Å². The fourth-order valence-corrected chi connectivity index (χ4v) is 3.50. The van der Waals surface area contributed by atoms with Gasteiger partial charge in [0.25, 0.3) is 5.91 Å². The van der Waals surface area contributed by atoms with Crippen molar-refractivity contribution in [1.29, 1.82) is 0 Å². The highest BCUT2D eigenvalue weighted by atomic mass is 35.5. The number of aryl methyl sites for hydroxylation is 2. The van der Waals surface area contributed by atoms with E-state index in [4.69, 9.17) is 4.74 Å². The Kier molecular flexibility index (Phi) is 9.21. The van der Waals surface area contributed by atoms with E-state index in [1.54, 1.807) is 11.8 Å². The molecule has 1 fully saturated rings. The van der Waals surface area contributed by atoms with Crippen molar-refractivity contribution >= 4 is 24.2 Å². The molecule has 0 radical (unpaired) electrons. The first-order valence-electron chi connectivity index (χ1n) is 9.22. The Morgan fingerprint density at radius 2 is 1.85 bits per heavy atom. The number of nitrogens with one attached hydrogen (secondary N) is 3. The van der Waals surface area contributed by atoms with Gasteiger partial charge in [0.15, 0.2) is 0 Å². The molecule has 2 rings (SSSR count). The topological polar surface area (TPSA) is 97.3 Å². The lowest BCUT2D eigenvalue weighted by Crippen LogP contribution is -2.57. The van der Waals surface area contributed by atoms with Gasteiger partial charge in [0.05, 0.1) is 17.9 Å². The molecule has 0 bridgehead atoms. The van der Waals surface area contributed by atoms with E-state index in [1.807, 2.05) is 20.9 Å². The van der Waals surface area contributed by atoms with Gasteiger partial charge in [-0.3, -0.25) is 14.3 Å². The number of hydrogen-bond acceptors (Lipinski definition) is 5. The molecular weight excluding hydrogens is 370 g/mol. The van der Waals surface area contributed by atoms with Gasteiger partial charge in [0.2, 0.25) is 5.91 Å². The van der Waals surface area contributed by atoms with Gasteiger partial charge in [0.1, 0.15) is 5.54 Å². The van der Waals surface area contributed by atoms with Crippen molar-refractivity contribution in [3.05, 3.63) is 17.0 Å². The SMILES string of the molecule is COCCNCCNC(=O)C1(NC(=O)c2c(C)nn(C)c2C)CCCC1.Cl. The molecule has 27 heavy (non-hydrogen) atoms. The summed E-state index contributed by atoms with van der Waals surface area (Å²) in [6.07, 6.45) is 3.20.